The van der Waals surface area contributed by atoms with Crippen LogP contribution in [0.1, 0.15) is 31.2 Å². The van der Waals surface area contributed by atoms with E-state index in [0.29, 0.717) is 19.4 Å². The zero-order valence-electron chi connectivity index (χ0n) is 12.1. The first-order valence-corrected chi connectivity index (χ1v) is 7.77. The van der Waals surface area contributed by atoms with Crippen LogP contribution < -0.4 is 5.73 Å². The Morgan fingerprint density at radius 2 is 2.14 bits per heavy atom. The summed E-state index contributed by atoms with van der Waals surface area (Å²) in [6.45, 7) is 0.499. The lowest BCUT2D eigenvalue weighted by Gasteiger charge is -2.31. The first-order valence-electron chi connectivity index (χ1n) is 6.97. The van der Waals surface area contributed by atoms with Gasteiger partial charge in [0.2, 0.25) is 5.91 Å². The summed E-state index contributed by atoms with van der Waals surface area (Å²) in [5.41, 5.74) is 6.01. The van der Waals surface area contributed by atoms with E-state index in [1.165, 1.54) is 0 Å². The van der Waals surface area contributed by atoms with E-state index in [-0.39, 0.29) is 11.7 Å². The number of oxime groups is 1. The highest BCUT2D eigenvalue weighted by Crippen LogP contribution is 2.40. The first kappa shape index (κ1) is 15.8. The number of carbonyl (C=O) groups excluding carboxylic acids is 1. The molecule has 1 aromatic rings. The summed E-state index contributed by atoms with van der Waals surface area (Å²) in [4.78, 5) is 14.5. The molecule has 0 atom stereocenters. The van der Waals surface area contributed by atoms with Gasteiger partial charge in [-0.3, -0.25) is 4.79 Å². The summed E-state index contributed by atoms with van der Waals surface area (Å²) in [6, 6.07) is 7.83. The van der Waals surface area contributed by atoms with Crippen molar-refractivity contribution in [3.05, 3.63) is 34.3 Å². The van der Waals surface area contributed by atoms with Crippen LogP contribution in [0.25, 0.3) is 0 Å². The Bertz CT molecular complexity index is 554. The average Bonchev–Trinajstić information content (AvgIpc) is 2.96. The quantitative estimate of drug-likeness (QED) is 0.378. The van der Waals surface area contributed by atoms with Crippen LogP contribution in [0.5, 0.6) is 0 Å². The molecule has 0 aromatic heterocycles. The van der Waals surface area contributed by atoms with E-state index < -0.39 is 5.41 Å². The molecule has 1 saturated carbocycles. The molecule has 1 aliphatic carbocycles. The number of nitrogens with two attached hydrogens (primary N) is 1. The zero-order chi connectivity index (χ0) is 15.5. The Hall–Kier alpha value is -1.56. The highest BCUT2D eigenvalue weighted by molar-refractivity contribution is 9.10. The number of amides is 1. The number of hydrogen-bond donors (Lipinski definition) is 2. The minimum absolute atomic E-state index is 0.0334. The molecule has 6 heteroatoms. The predicted octanol–water partition coefficient (Wildman–Crippen LogP) is 2.71. The Labute approximate surface area is 132 Å². The molecule has 0 radical (unpaired) electrons. The van der Waals surface area contributed by atoms with Crippen LogP contribution in [-0.2, 0) is 11.3 Å². The van der Waals surface area contributed by atoms with Crippen molar-refractivity contribution >= 4 is 27.7 Å². The standard InChI is InChI=1S/C15H20BrN3O2/c1-19(10-11-5-4-6-12(16)9-11)14(20)15(13(17)18-21)7-2-3-8-15/h4-6,9,21H,2-3,7-8,10H2,1H3,(H2,17,18). The SMILES string of the molecule is CN(Cc1cccc(Br)c1)C(=O)C1(C(N)=NO)CCCC1. The summed E-state index contributed by atoms with van der Waals surface area (Å²) >= 11 is 3.42. The fourth-order valence-corrected chi connectivity index (χ4v) is 3.45. The van der Waals surface area contributed by atoms with Gasteiger partial charge in [0.25, 0.3) is 0 Å². The van der Waals surface area contributed by atoms with E-state index in [1.807, 2.05) is 24.3 Å². The van der Waals surface area contributed by atoms with Gasteiger partial charge in [-0.15, -0.1) is 0 Å². The lowest BCUT2D eigenvalue weighted by atomic mass is 9.83. The van der Waals surface area contributed by atoms with Gasteiger partial charge in [0, 0.05) is 18.1 Å². The van der Waals surface area contributed by atoms with Crippen LogP contribution in [0.3, 0.4) is 0 Å². The van der Waals surface area contributed by atoms with Crippen molar-refractivity contribution in [2.75, 3.05) is 7.05 Å². The third kappa shape index (κ3) is 3.20. The summed E-state index contributed by atoms with van der Waals surface area (Å²) in [5.74, 6) is -0.0404. The molecule has 3 N–H and O–H groups in total. The second kappa shape index (κ2) is 6.47. The normalized spacial score (nSPS) is 17.7. The summed E-state index contributed by atoms with van der Waals surface area (Å²) in [7, 11) is 1.76. The minimum atomic E-state index is -0.838. The van der Waals surface area contributed by atoms with Crippen molar-refractivity contribution in [1.29, 1.82) is 0 Å². The van der Waals surface area contributed by atoms with E-state index >= 15 is 0 Å². The Morgan fingerprint density at radius 1 is 1.48 bits per heavy atom. The summed E-state index contributed by atoms with van der Waals surface area (Å²) < 4.78 is 0.980. The molecule has 1 aromatic carbocycles. The van der Waals surface area contributed by atoms with E-state index in [9.17, 15) is 4.79 Å². The highest BCUT2D eigenvalue weighted by Gasteiger charge is 2.46. The molecule has 0 bridgehead atoms. The zero-order valence-corrected chi connectivity index (χ0v) is 13.6. The number of halogens is 1. The molecule has 1 amide bonds. The van der Waals surface area contributed by atoms with Gasteiger partial charge in [-0.2, -0.15) is 0 Å². The van der Waals surface area contributed by atoms with Crippen LogP contribution in [0.4, 0.5) is 0 Å². The summed E-state index contributed by atoms with van der Waals surface area (Å²) in [5, 5.41) is 12.1. The van der Waals surface area contributed by atoms with Gasteiger partial charge in [-0.25, -0.2) is 0 Å². The van der Waals surface area contributed by atoms with E-state index in [2.05, 4.69) is 21.1 Å². The van der Waals surface area contributed by atoms with Gasteiger partial charge in [0.05, 0.1) is 0 Å². The molecule has 0 unspecified atom stereocenters. The molecule has 0 spiro atoms. The average molecular weight is 354 g/mol. The number of amidine groups is 1. The van der Waals surface area contributed by atoms with Gasteiger partial charge in [0.1, 0.15) is 5.41 Å². The number of nitrogens with zero attached hydrogens (tertiary/aromatic N) is 2. The largest absolute Gasteiger partial charge is 0.409 e. The maximum Gasteiger partial charge on any atom is 0.236 e. The molecular weight excluding hydrogens is 334 g/mol. The number of rotatable bonds is 4. The van der Waals surface area contributed by atoms with Crippen molar-refractivity contribution in [3.8, 4) is 0 Å². The van der Waals surface area contributed by atoms with Crippen LogP contribution in [-0.4, -0.2) is 28.9 Å². The smallest absolute Gasteiger partial charge is 0.236 e. The minimum Gasteiger partial charge on any atom is -0.409 e. The van der Waals surface area contributed by atoms with Gasteiger partial charge in [-0.05, 0) is 30.5 Å². The lowest BCUT2D eigenvalue weighted by molar-refractivity contribution is -0.137. The van der Waals surface area contributed by atoms with E-state index in [4.69, 9.17) is 10.9 Å². The van der Waals surface area contributed by atoms with Crippen LogP contribution in [0.2, 0.25) is 0 Å². The Balaban J connectivity index is 2.17. The molecule has 1 fully saturated rings. The Kier molecular flexibility index (Phi) is 4.88. The van der Waals surface area contributed by atoms with Crippen molar-refractivity contribution in [2.45, 2.75) is 32.2 Å². The van der Waals surface area contributed by atoms with Crippen molar-refractivity contribution < 1.29 is 10.0 Å². The molecule has 114 valence electrons. The fourth-order valence-electron chi connectivity index (χ4n) is 3.00. The van der Waals surface area contributed by atoms with Gasteiger partial charge < -0.3 is 15.8 Å². The molecule has 1 aliphatic rings. The van der Waals surface area contributed by atoms with Gasteiger partial charge in [-0.1, -0.05) is 46.1 Å². The van der Waals surface area contributed by atoms with Crippen LogP contribution in [0.15, 0.2) is 33.9 Å². The third-order valence-corrected chi connectivity index (χ3v) is 4.61. The van der Waals surface area contributed by atoms with Crippen LogP contribution >= 0.6 is 15.9 Å². The highest BCUT2D eigenvalue weighted by atomic mass is 79.9. The molecule has 0 aliphatic heterocycles. The second-order valence-corrected chi connectivity index (χ2v) is 6.48. The monoisotopic (exact) mass is 353 g/mol. The molecule has 0 saturated heterocycles. The van der Waals surface area contributed by atoms with E-state index in [0.717, 1.165) is 22.9 Å². The van der Waals surface area contributed by atoms with Crippen molar-refractivity contribution in [2.24, 2.45) is 16.3 Å². The third-order valence-electron chi connectivity index (χ3n) is 4.12. The Morgan fingerprint density at radius 3 is 2.71 bits per heavy atom. The lowest BCUT2D eigenvalue weighted by Crippen LogP contribution is -2.48. The van der Waals surface area contributed by atoms with Crippen LogP contribution in [0, 0.1) is 5.41 Å². The maximum absolute atomic E-state index is 12.8. The fraction of sp³-hybridized carbons (Fsp3) is 0.467. The second-order valence-electron chi connectivity index (χ2n) is 5.57. The number of carbonyl (C=O) groups is 1. The molecule has 2 rings (SSSR count). The maximum atomic E-state index is 12.8. The molecule has 0 heterocycles. The van der Waals surface area contributed by atoms with Crippen molar-refractivity contribution in [3.63, 3.8) is 0 Å². The molecular formula is C15H20BrN3O2. The predicted molar refractivity (Wildman–Crippen MR) is 84.9 cm³/mol. The van der Waals surface area contributed by atoms with E-state index in [1.54, 1.807) is 11.9 Å². The van der Waals surface area contributed by atoms with Gasteiger partial charge in [0.15, 0.2) is 5.84 Å². The van der Waals surface area contributed by atoms with Crippen molar-refractivity contribution in [1.82, 2.24) is 4.90 Å². The number of hydrogen-bond acceptors (Lipinski definition) is 3. The topological polar surface area (TPSA) is 78.9 Å². The summed E-state index contributed by atoms with van der Waals surface area (Å²) in [6.07, 6.45) is 3.13. The first-order chi connectivity index (χ1) is 9.99. The van der Waals surface area contributed by atoms with Gasteiger partial charge >= 0.3 is 0 Å². The number of benzene rings is 1. The molecule has 5 nitrogen and oxygen atoms in total. The molecule has 21 heavy (non-hydrogen) atoms.